The number of halogens is 4. The number of carbonyl (C=O) groups excluding carboxylic acids is 1. The molecule has 3 aromatic rings. The Morgan fingerprint density at radius 3 is 2.56 bits per heavy atom. The molecule has 0 fully saturated rings. The molecule has 0 atom stereocenters. The number of hydrogen-bond acceptors (Lipinski definition) is 2. The third kappa shape index (κ3) is 3.36. The molecule has 25 heavy (non-hydrogen) atoms. The zero-order valence-electron chi connectivity index (χ0n) is 12.4. The Bertz CT molecular complexity index is 1030. The maximum atomic E-state index is 13.0. The van der Waals surface area contributed by atoms with Gasteiger partial charge in [0, 0.05) is 16.6 Å². The summed E-state index contributed by atoms with van der Waals surface area (Å²) in [7, 11) is 0. The number of carbonyl (C=O) groups is 1. The number of H-pyrrole nitrogens is 1. The van der Waals surface area contributed by atoms with E-state index in [1.807, 2.05) is 0 Å². The number of aromatic nitrogens is 1. The second kappa shape index (κ2) is 6.25. The number of hydrogen-bond donors (Lipinski definition) is 2. The smallest absolute Gasteiger partial charge is 0.360 e. The van der Waals surface area contributed by atoms with E-state index in [4.69, 9.17) is 11.6 Å². The number of fused-ring (bicyclic) bond motifs is 1. The standard InChI is InChI=1S/C17H10ClF3N2O2/c18-9-5-6-10-14(7-9)22-8-11(15(10)24)16(25)23-13-4-2-1-3-12(13)17(19,20)21/h1-8H,(H,22,24)(H,23,25). The molecule has 2 aromatic carbocycles. The number of rotatable bonds is 2. The number of nitrogens with one attached hydrogen (secondary N) is 2. The molecular weight excluding hydrogens is 357 g/mol. The SMILES string of the molecule is O=C(Nc1ccccc1C(F)(F)F)c1c[nH]c2cc(Cl)ccc2c1=O. The molecule has 0 aliphatic heterocycles. The number of para-hydroxylation sites is 1. The minimum atomic E-state index is -4.63. The first-order valence-corrected chi connectivity index (χ1v) is 7.43. The quantitative estimate of drug-likeness (QED) is 0.703. The van der Waals surface area contributed by atoms with Crippen LogP contribution >= 0.6 is 11.6 Å². The Morgan fingerprint density at radius 2 is 1.84 bits per heavy atom. The van der Waals surface area contributed by atoms with E-state index in [0.717, 1.165) is 18.3 Å². The molecular formula is C17H10ClF3N2O2. The summed E-state index contributed by atoms with van der Waals surface area (Å²) in [5.74, 6) is -0.935. The molecule has 8 heteroatoms. The van der Waals surface area contributed by atoms with Gasteiger partial charge in [-0.1, -0.05) is 23.7 Å². The van der Waals surface area contributed by atoms with Crippen molar-refractivity contribution in [3.05, 3.63) is 75.0 Å². The summed E-state index contributed by atoms with van der Waals surface area (Å²) in [6.07, 6.45) is -3.48. The van der Waals surface area contributed by atoms with Crippen LogP contribution in [0.5, 0.6) is 0 Å². The summed E-state index contributed by atoms with van der Waals surface area (Å²) in [5, 5.41) is 2.76. The summed E-state index contributed by atoms with van der Waals surface area (Å²) in [6.45, 7) is 0. The zero-order valence-corrected chi connectivity index (χ0v) is 13.2. The summed E-state index contributed by atoms with van der Waals surface area (Å²) in [6, 6.07) is 8.98. The van der Waals surface area contributed by atoms with E-state index < -0.39 is 28.8 Å². The van der Waals surface area contributed by atoms with Crippen LogP contribution in [0.3, 0.4) is 0 Å². The van der Waals surface area contributed by atoms with Gasteiger partial charge >= 0.3 is 6.18 Å². The van der Waals surface area contributed by atoms with Crippen LogP contribution in [0.1, 0.15) is 15.9 Å². The monoisotopic (exact) mass is 366 g/mol. The fourth-order valence-corrected chi connectivity index (χ4v) is 2.56. The number of aromatic amines is 1. The number of pyridine rings is 1. The lowest BCUT2D eigenvalue weighted by Crippen LogP contribution is -2.23. The van der Waals surface area contributed by atoms with Crippen LogP contribution in [0.25, 0.3) is 10.9 Å². The van der Waals surface area contributed by atoms with Gasteiger partial charge in [-0.2, -0.15) is 13.2 Å². The van der Waals surface area contributed by atoms with Gasteiger partial charge in [0.15, 0.2) is 0 Å². The fourth-order valence-electron chi connectivity index (χ4n) is 2.39. The van der Waals surface area contributed by atoms with Gasteiger partial charge in [0.2, 0.25) is 5.43 Å². The van der Waals surface area contributed by atoms with Gasteiger partial charge in [0.1, 0.15) is 5.56 Å². The van der Waals surface area contributed by atoms with Crippen LogP contribution in [0.4, 0.5) is 18.9 Å². The molecule has 0 aliphatic rings. The number of benzene rings is 2. The van der Waals surface area contributed by atoms with E-state index >= 15 is 0 Å². The van der Waals surface area contributed by atoms with E-state index in [9.17, 15) is 22.8 Å². The van der Waals surface area contributed by atoms with Crippen molar-refractivity contribution >= 4 is 34.1 Å². The molecule has 0 saturated heterocycles. The molecule has 1 amide bonds. The van der Waals surface area contributed by atoms with E-state index in [1.165, 1.54) is 30.3 Å². The molecule has 3 rings (SSSR count). The Balaban J connectivity index is 2.01. The molecule has 2 N–H and O–H groups in total. The molecule has 128 valence electrons. The van der Waals surface area contributed by atoms with Crippen molar-refractivity contribution in [3.63, 3.8) is 0 Å². The highest BCUT2D eigenvalue weighted by Crippen LogP contribution is 2.34. The summed E-state index contributed by atoms with van der Waals surface area (Å²) in [4.78, 5) is 27.5. The van der Waals surface area contributed by atoms with Crippen LogP contribution < -0.4 is 10.7 Å². The molecule has 0 aliphatic carbocycles. The average Bonchev–Trinajstić information content (AvgIpc) is 2.54. The largest absolute Gasteiger partial charge is 0.418 e. The van der Waals surface area contributed by atoms with E-state index in [2.05, 4.69) is 10.3 Å². The van der Waals surface area contributed by atoms with Crippen molar-refractivity contribution in [1.82, 2.24) is 4.98 Å². The highest BCUT2D eigenvalue weighted by atomic mass is 35.5. The van der Waals surface area contributed by atoms with Crippen LogP contribution in [0, 0.1) is 0 Å². The van der Waals surface area contributed by atoms with Crippen molar-refractivity contribution in [1.29, 1.82) is 0 Å². The molecule has 0 unspecified atom stereocenters. The summed E-state index contributed by atoms with van der Waals surface area (Å²) in [5.41, 5.74) is -1.90. The van der Waals surface area contributed by atoms with E-state index in [1.54, 1.807) is 0 Å². The van der Waals surface area contributed by atoms with Crippen LogP contribution in [-0.4, -0.2) is 10.9 Å². The highest BCUT2D eigenvalue weighted by molar-refractivity contribution is 6.31. The van der Waals surface area contributed by atoms with Gasteiger partial charge < -0.3 is 10.3 Å². The third-order valence-electron chi connectivity index (χ3n) is 3.57. The fraction of sp³-hybridized carbons (Fsp3) is 0.0588. The molecule has 4 nitrogen and oxygen atoms in total. The molecule has 0 radical (unpaired) electrons. The topological polar surface area (TPSA) is 62.0 Å². The second-order valence-corrected chi connectivity index (χ2v) is 5.66. The molecule has 0 saturated carbocycles. The van der Waals surface area contributed by atoms with Gasteiger partial charge in [-0.3, -0.25) is 9.59 Å². The van der Waals surface area contributed by atoms with Gasteiger partial charge in [-0.05, 0) is 30.3 Å². The summed E-state index contributed by atoms with van der Waals surface area (Å²) < 4.78 is 39.0. The van der Waals surface area contributed by atoms with Crippen molar-refractivity contribution in [2.45, 2.75) is 6.18 Å². The van der Waals surface area contributed by atoms with Gasteiger partial charge in [0.05, 0.1) is 16.8 Å². The van der Waals surface area contributed by atoms with Gasteiger partial charge in [-0.25, -0.2) is 0 Å². The molecule has 0 spiro atoms. The van der Waals surface area contributed by atoms with Crippen molar-refractivity contribution in [2.75, 3.05) is 5.32 Å². The number of anilines is 1. The minimum Gasteiger partial charge on any atom is -0.360 e. The van der Waals surface area contributed by atoms with Crippen molar-refractivity contribution < 1.29 is 18.0 Å². The number of alkyl halides is 3. The van der Waals surface area contributed by atoms with Crippen LogP contribution in [0.15, 0.2) is 53.5 Å². The maximum absolute atomic E-state index is 13.0. The van der Waals surface area contributed by atoms with Crippen molar-refractivity contribution in [3.8, 4) is 0 Å². The zero-order chi connectivity index (χ0) is 18.2. The molecule has 1 aromatic heterocycles. The number of amides is 1. The first-order chi connectivity index (χ1) is 11.8. The highest BCUT2D eigenvalue weighted by Gasteiger charge is 2.33. The van der Waals surface area contributed by atoms with Crippen molar-refractivity contribution in [2.24, 2.45) is 0 Å². The predicted molar refractivity (Wildman–Crippen MR) is 89.0 cm³/mol. The summed E-state index contributed by atoms with van der Waals surface area (Å²) >= 11 is 5.83. The minimum absolute atomic E-state index is 0.209. The predicted octanol–water partition coefficient (Wildman–Crippen LogP) is 4.45. The Hall–Kier alpha value is -2.80. The van der Waals surface area contributed by atoms with Gasteiger partial charge in [0.25, 0.3) is 5.91 Å². The first kappa shape index (κ1) is 17.0. The molecule has 1 heterocycles. The lowest BCUT2D eigenvalue weighted by Gasteiger charge is -2.13. The van der Waals surface area contributed by atoms with E-state index in [-0.39, 0.29) is 10.9 Å². The van der Waals surface area contributed by atoms with Crippen LogP contribution in [-0.2, 0) is 6.18 Å². The Kier molecular flexibility index (Phi) is 4.26. The lowest BCUT2D eigenvalue weighted by molar-refractivity contribution is -0.136. The Morgan fingerprint density at radius 1 is 1.12 bits per heavy atom. The van der Waals surface area contributed by atoms with E-state index in [0.29, 0.717) is 10.5 Å². The average molecular weight is 367 g/mol. The first-order valence-electron chi connectivity index (χ1n) is 7.06. The normalized spacial score (nSPS) is 11.5. The second-order valence-electron chi connectivity index (χ2n) is 5.22. The third-order valence-corrected chi connectivity index (χ3v) is 3.80. The van der Waals surface area contributed by atoms with Crippen LogP contribution in [0.2, 0.25) is 5.02 Å². The van der Waals surface area contributed by atoms with Gasteiger partial charge in [-0.15, -0.1) is 0 Å². The lowest BCUT2D eigenvalue weighted by atomic mass is 10.1. The Labute approximate surface area is 144 Å². The molecule has 0 bridgehead atoms. The maximum Gasteiger partial charge on any atom is 0.418 e.